The van der Waals surface area contributed by atoms with Crippen LogP contribution in [-0.2, 0) is 42.6 Å². The molecule has 52 heavy (non-hydrogen) atoms. The number of ether oxygens (including phenoxy) is 9. The van der Waals surface area contributed by atoms with Crippen molar-refractivity contribution in [2.75, 3.05) is 33.0 Å². The van der Waals surface area contributed by atoms with Crippen LogP contribution in [0.5, 0.6) is 0 Å². The first-order valence-electron chi connectivity index (χ1n) is 16.4. The van der Waals surface area contributed by atoms with E-state index < -0.39 is 174 Å². The van der Waals surface area contributed by atoms with Gasteiger partial charge in [-0.15, -0.1) is 0 Å². The molecule has 23 atom stereocenters. The van der Waals surface area contributed by atoms with Crippen molar-refractivity contribution >= 4 is 0 Å². The van der Waals surface area contributed by atoms with Gasteiger partial charge in [0.25, 0.3) is 0 Å². The van der Waals surface area contributed by atoms with E-state index in [9.17, 15) is 76.6 Å². The van der Waals surface area contributed by atoms with Crippen molar-refractivity contribution in [3.63, 3.8) is 0 Å². The van der Waals surface area contributed by atoms with E-state index in [0.717, 1.165) is 0 Å². The summed E-state index contributed by atoms with van der Waals surface area (Å²) in [6.07, 6.45) is -41.5. The molecular weight excluding hydrogens is 720 g/mol. The summed E-state index contributed by atoms with van der Waals surface area (Å²) in [7, 11) is 0. The Labute approximate surface area is 293 Å². The molecule has 0 aromatic carbocycles. The summed E-state index contributed by atoms with van der Waals surface area (Å²) >= 11 is 0. The minimum absolute atomic E-state index is 0.563. The third-order valence-corrected chi connectivity index (χ3v) is 9.56. The van der Waals surface area contributed by atoms with E-state index in [0.29, 0.717) is 0 Å². The van der Waals surface area contributed by atoms with Crippen LogP contribution in [0.2, 0.25) is 0 Å². The van der Waals surface area contributed by atoms with Crippen LogP contribution in [-0.4, -0.2) is 251 Å². The lowest BCUT2D eigenvalue weighted by Crippen LogP contribution is -2.68. The molecule has 0 saturated carbocycles. The molecule has 0 aromatic heterocycles. The van der Waals surface area contributed by atoms with Crippen LogP contribution in [0.4, 0.5) is 0 Å². The minimum atomic E-state index is -2.01. The van der Waals surface area contributed by atoms with Crippen LogP contribution in [0, 0.1) is 0 Å². The van der Waals surface area contributed by atoms with E-state index in [2.05, 4.69) is 0 Å². The standard InChI is InChI=1S/C28H48O24/c29-1-7-12(34)16(38)19(41)26(46-7)50-21-14(36)9(3-31)48-28(23(21)52-25-18(40)11(33)6(32)4-45-25)49-10-5-44-24(43)22(15(10)37)51-27-20(42)17(39)13(35)8(2-30)47-27/h6-43H,1-5H2/t6-,7-,8-,9-,10+,11+,12-,13-,14-,15+,16+,17+,18-,19-,20-,21+,22-,23-,24-,25+,26+,27+,28+/m1/s1. The van der Waals surface area contributed by atoms with Gasteiger partial charge in [0.2, 0.25) is 0 Å². The van der Waals surface area contributed by atoms with E-state index in [1.54, 1.807) is 0 Å². The Kier molecular flexibility index (Phi) is 14.5. The van der Waals surface area contributed by atoms with Crippen molar-refractivity contribution in [2.45, 2.75) is 141 Å². The van der Waals surface area contributed by atoms with Crippen LogP contribution >= 0.6 is 0 Å². The Hall–Kier alpha value is -0.960. The van der Waals surface area contributed by atoms with Gasteiger partial charge in [0, 0.05) is 0 Å². The van der Waals surface area contributed by atoms with Gasteiger partial charge in [0.05, 0.1) is 33.0 Å². The van der Waals surface area contributed by atoms with Gasteiger partial charge < -0.3 is 119 Å². The maximum absolute atomic E-state index is 11.3. The Morgan fingerprint density at radius 3 is 1.38 bits per heavy atom. The lowest BCUT2D eigenvalue weighted by molar-refractivity contribution is -0.401. The van der Waals surface area contributed by atoms with Gasteiger partial charge in [-0.1, -0.05) is 0 Å². The summed E-state index contributed by atoms with van der Waals surface area (Å²) < 4.78 is 50.1. The van der Waals surface area contributed by atoms with Crippen LogP contribution in [0.25, 0.3) is 0 Å². The van der Waals surface area contributed by atoms with Crippen LogP contribution < -0.4 is 0 Å². The third kappa shape index (κ3) is 8.55. The van der Waals surface area contributed by atoms with E-state index in [1.165, 1.54) is 0 Å². The van der Waals surface area contributed by atoms with E-state index in [1.807, 2.05) is 0 Å². The quantitative estimate of drug-likeness (QED) is 0.0927. The third-order valence-electron chi connectivity index (χ3n) is 9.56. The smallest absolute Gasteiger partial charge is 0.187 e. The predicted octanol–water partition coefficient (Wildman–Crippen LogP) is -10.6. The van der Waals surface area contributed by atoms with E-state index in [-0.39, 0.29) is 0 Å². The largest absolute Gasteiger partial charge is 0.394 e. The fraction of sp³-hybridized carbons (Fsp3) is 1.00. The average Bonchev–Trinajstić information content (AvgIpc) is 3.13. The first kappa shape index (κ1) is 42.2. The highest BCUT2D eigenvalue weighted by Gasteiger charge is 2.56. The molecule has 5 heterocycles. The Morgan fingerprint density at radius 1 is 0.385 bits per heavy atom. The molecule has 5 saturated heterocycles. The van der Waals surface area contributed by atoms with Gasteiger partial charge >= 0.3 is 0 Å². The monoisotopic (exact) mass is 768 g/mol. The second kappa shape index (κ2) is 17.9. The molecule has 5 aliphatic heterocycles. The van der Waals surface area contributed by atoms with Crippen molar-refractivity contribution in [1.82, 2.24) is 0 Å². The zero-order valence-electron chi connectivity index (χ0n) is 27.2. The molecule has 0 aliphatic carbocycles. The highest BCUT2D eigenvalue weighted by Crippen LogP contribution is 2.35. The van der Waals surface area contributed by atoms with Crippen molar-refractivity contribution in [2.24, 2.45) is 0 Å². The Bertz CT molecular complexity index is 1110. The van der Waals surface area contributed by atoms with Crippen LogP contribution in [0.15, 0.2) is 0 Å². The molecule has 5 fully saturated rings. The van der Waals surface area contributed by atoms with Gasteiger partial charge in [-0.05, 0) is 0 Å². The molecule has 0 amide bonds. The predicted molar refractivity (Wildman–Crippen MR) is 155 cm³/mol. The maximum atomic E-state index is 11.3. The number of aliphatic hydroxyl groups is 15. The van der Waals surface area contributed by atoms with E-state index in [4.69, 9.17) is 42.6 Å². The molecule has 0 bridgehead atoms. The highest BCUT2D eigenvalue weighted by atomic mass is 16.8. The second-order valence-corrected chi connectivity index (χ2v) is 13.1. The van der Waals surface area contributed by atoms with Crippen molar-refractivity contribution in [3.8, 4) is 0 Å². The van der Waals surface area contributed by atoms with Gasteiger partial charge in [-0.3, -0.25) is 0 Å². The SMILES string of the molecule is OC[C@H]1O[C@@H](O[C@@H]2[C@@H](O)[C@@H](O[C@@H]3O[C@H](CO)[C@@H](O)[C@H](O[C@@H]4O[C@H](CO)[C@@H](O)[C@H](O)[C@H]4O)[C@H]3O[C@@H]3OC[C@@H](O)[C@H](O)[C@H]3O)CO[C@H]2O)[C@H](O)[C@@H](O)[C@@H]1O. The molecule has 0 radical (unpaired) electrons. The van der Waals surface area contributed by atoms with Gasteiger partial charge in [-0.2, -0.15) is 0 Å². The summed E-state index contributed by atoms with van der Waals surface area (Å²) in [4.78, 5) is 0. The molecule has 24 nitrogen and oxygen atoms in total. The molecule has 5 rings (SSSR count). The summed E-state index contributed by atoms with van der Waals surface area (Å²) in [5.74, 6) is 0. The van der Waals surface area contributed by atoms with Gasteiger partial charge in [-0.25, -0.2) is 0 Å². The molecule has 0 aromatic rings. The molecule has 304 valence electrons. The van der Waals surface area contributed by atoms with Crippen molar-refractivity contribution in [3.05, 3.63) is 0 Å². The fourth-order valence-electron chi connectivity index (χ4n) is 6.38. The molecule has 15 N–H and O–H groups in total. The van der Waals surface area contributed by atoms with Gasteiger partial charge in [0.15, 0.2) is 31.5 Å². The average molecular weight is 769 g/mol. The first-order valence-corrected chi connectivity index (χ1v) is 16.4. The molecule has 0 spiro atoms. The molecular formula is C28H48O24. The normalized spacial score (nSPS) is 53.5. The number of aliphatic hydroxyl groups excluding tert-OH is 15. The molecule has 0 unspecified atom stereocenters. The first-order chi connectivity index (χ1) is 24.6. The Morgan fingerprint density at radius 2 is 0.846 bits per heavy atom. The van der Waals surface area contributed by atoms with Crippen molar-refractivity contribution < 1.29 is 119 Å². The Balaban J connectivity index is 1.41. The highest BCUT2D eigenvalue weighted by molar-refractivity contribution is 4.97. The summed E-state index contributed by atoms with van der Waals surface area (Å²) in [5.41, 5.74) is 0. The minimum Gasteiger partial charge on any atom is -0.394 e. The van der Waals surface area contributed by atoms with Crippen LogP contribution in [0.1, 0.15) is 0 Å². The zero-order chi connectivity index (χ0) is 38.2. The van der Waals surface area contributed by atoms with Crippen LogP contribution in [0.3, 0.4) is 0 Å². The number of rotatable bonds is 11. The lowest BCUT2D eigenvalue weighted by atomic mass is 9.96. The topological polar surface area (TPSA) is 387 Å². The molecule has 5 aliphatic rings. The maximum Gasteiger partial charge on any atom is 0.187 e. The van der Waals surface area contributed by atoms with E-state index >= 15 is 0 Å². The number of hydrogen-bond donors (Lipinski definition) is 15. The zero-order valence-corrected chi connectivity index (χ0v) is 27.2. The molecule has 24 heteroatoms. The summed E-state index contributed by atoms with van der Waals surface area (Å²) in [6, 6.07) is 0. The lowest BCUT2D eigenvalue weighted by Gasteiger charge is -2.49. The summed E-state index contributed by atoms with van der Waals surface area (Å²) in [5, 5.41) is 155. The number of hydrogen-bond acceptors (Lipinski definition) is 24. The summed E-state index contributed by atoms with van der Waals surface area (Å²) in [6.45, 7) is -3.79. The second-order valence-electron chi connectivity index (χ2n) is 13.1. The van der Waals surface area contributed by atoms with Gasteiger partial charge in [0.1, 0.15) is 110 Å². The van der Waals surface area contributed by atoms with Crippen molar-refractivity contribution in [1.29, 1.82) is 0 Å². The fourth-order valence-corrected chi connectivity index (χ4v) is 6.38.